The Morgan fingerprint density at radius 1 is 1.67 bits per heavy atom. The van der Waals surface area contributed by atoms with Crippen LogP contribution in [-0.2, 0) is 0 Å². The van der Waals surface area contributed by atoms with Gasteiger partial charge >= 0.3 is 0 Å². The molecule has 1 saturated heterocycles. The first kappa shape index (κ1) is 9.85. The number of hydrogen-bond acceptors (Lipinski definition) is 1. The zero-order chi connectivity index (χ0) is 9.14. The Morgan fingerprint density at radius 2 is 2.33 bits per heavy atom. The van der Waals surface area contributed by atoms with Gasteiger partial charge in [-0.05, 0) is 12.8 Å². The zero-order valence-electron chi connectivity index (χ0n) is 8.18. The summed E-state index contributed by atoms with van der Waals surface area (Å²) in [4.78, 5) is 2.25. The van der Waals surface area contributed by atoms with E-state index in [1.807, 2.05) is 0 Å². The highest BCUT2D eigenvalue weighted by atomic mass is 32.2. The second-order valence-corrected chi connectivity index (χ2v) is 5.55. The van der Waals surface area contributed by atoms with Gasteiger partial charge in [-0.3, -0.25) is 0 Å². The molecule has 0 bridgehead atoms. The first-order valence-electron chi connectivity index (χ1n) is 4.53. The molecule has 2 unspecified atom stereocenters. The number of nitrogens with zero attached hydrogens (tertiary/aromatic N) is 1. The van der Waals surface area contributed by atoms with Crippen molar-refractivity contribution in [3.63, 3.8) is 0 Å². The van der Waals surface area contributed by atoms with Crippen LogP contribution in [-0.4, -0.2) is 28.9 Å². The summed E-state index contributed by atoms with van der Waals surface area (Å²) >= 11 is 0. The van der Waals surface area contributed by atoms with E-state index in [1.54, 1.807) is 0 Å². The maximum absolute atomic E-state index is 4.23. The molecule has 2 heteroatoms. The number of allylic oxidation sites excluding steroid dienone is 1. The van der Waals surface area contributed by atoms with Crippen molar-refractivity contribution in [1.29, 1.82) is 0 Å². The molecule has 70 valence electrons. The van der Waals surface area contributed by atoms with Crippen LogP contribution in [0.15, 0.2) is 12.3 Å². The van der Waals surface area contributed by atoms with Crippen molar-refractivity contribution in [2.75, 3.05) is 12.9 Å². The van der Waals surface area contributed by atoms with Crippen molar-refractivity contribution in [3.05, 3.63) is 12.3 Å². The van der Waals surface area contributed by atoms with Crippen molar-refractivity contribution in [3.8, 4) is 0 Å². The van der Waals surface area contributed by atoms with Crippen LogP contribution in [0.5, 0.6) is 0 Å². The smallest absolute Gasteiger partial charge is 0.0582 e. The minimum absolute atomic E-state index is 0.336. The minimum atomic E-state index is 0.336. The van der Waals surface area contributed by atoms with Crippen LogP contribution in [0.25, 0.3) is 0 Å². The van der Waals surface area contributed by atoms with Gasteiger partial charge in [0.05, 0.1) is 5.88 Å². The lowest BCUT2D eigenvalue weighted by atomic mass is 10.1. The second-order valence-electron chi connectivity index (χ2n) is 3.55. The lowest BCUT2D eigenvalue weighted by molar-refractivity contribution is 0.447. The second kappa shape index (κ2) is 4.13. The maximum atomic E-state index is 4.23. The lowest BCUT2D eigenvalue weighted by Gasteiger charge is -2.35. The summed E-state index contributed by atoms with van der Waals surface area (Å²) in [5.41, 5.74) is 1.29. The van der Waals surface area contributed by atoms with Crippen LogP contribution in [0.1, 0.15) is 26.2 Å². The average Bonchev–Trinajstić information content (AvgIpc) is 2.01. The predicted octanol–water partition coefficient (Wildman–Crippen LogP) is 2.66. The normalized spacial score (nSPS) is 30.8. The highest BCUT2D eigenvalue weighted by molar-refractivity contribution is 8.14. The van der Waals surface area contributed by atoms with Crippen LogP contribution in [0.2, 0.25) is 0 Å². The molecule has 1 aliphatic rings. The minimum Gasteiger partial charge on any atom is -0.370 e. The SMILES string of the molecule is C=C1CC(CCC)S(=C)CN1C. The van der Waals surface area contributed by atoms with Crippen LogP contribution >= 0.6 is 10.5 Å². The Hall–Kier alpha value is -0.240. The van der Waals surface area contributed by atoms with E-state index >= 15 is 0 Å². The Kier molecular flexibility index (Phi) is 3.39. The molecule has 1 nitrogen and oxygen atoms in total. The summed E-state index contributed by atoms with van der Waals surface area (Å²) in [5.74, 6) is 5.34. The Bertz CT molecular complexity index is 198. The molecule has 2 atom stereocenters. The maximum Gasteiger partial charge on any atom is 0.0582 e. The molecule has 0 saturated carbocycles. The third kappa shape index (κ3) is 2.13. The van der Waals surface area contributed by atoms with Crippen LogP contribution in [0.3, 0.4) is 0 Å². The van der Waals surface area contributed by atoms with Gasteiger partial charge in [0.1, 0.15) is 0 Å². The van der Waals surface area contributed by atoms with E-state index in [0.717, 1.165) is 17.5 Å². The standard InChI is InChI=1S/C10H19NS/c1-5-6-10-7-9(2)11(3)8-12(10)4/h10H,2,4-8H2,1,3H3. The molecule has 0 aromatic heterocycles. The van der Waals surface area contributed by atoms with E-state index in [9.17, 15) is 0 Å². The third-order valence-electron chi connectivity index (χ3n) is 2.44. The number of hydrogen-bond donors (Lipinski definition) is 0. The quantitative estimate of drug-likeness (QED) is 0.598. The van der Waals surface area contributed by atoms with E-state index in [0.29, 0.717) is 10.5 Å². The van der Waals surface area contributed by atoms with Gasteiger partial charge in [-0.15, -0.1) is 0 Å². The molecular formula is C10H19NS. The molecule has 1 rings (SSSR count). The summed E-state index contributed by atoms with van der Waals surface area (Å²) in [7, 11) is 2.46. The van der Waals surface area contributed by atoms with E-state index in [2.05, 4.69) is 31.3 Å². The summed E-state index contributed by atoms with van der Waals surface area (Å²) in [5, 5.41) is 0.804. The molecular weight excluding hydrogens is 166 g/mol. The van der Waals surface area contributed by atoms with Gasteiger partial charge in [0.15, 0.2) is 0 Å². The Morgan fingerprint density at radius 3 is 2.92 bits per heavy atom. The van der Waals surface area contributed by atoms with Gasteiger partial charge < -0.3 is 4.90 Å². The van der Waals surface area contributed by atoms with Crippen LogP contribution in [0.4, 0.5) is 0 Å². The molecule has 0 aromatic rings. The molecule has 0 aromatic carbocycles. The molecule has 1 fully saturated rings. The van der Waals surface area contributed by atoms with Crippen molar-refractivity contribution < 1.29 is 0 Å². The predicted molar refractivity (Wildman–Crippen MR) is 59.8 cm³/mol. The van der Waals surface area contributed by atoms with E-state index in [1.165, 1.54) is 18.5 Å². The summed E-state index contributed by atoms with van der Waals surface area (Å²) in [6.07, 6.45) is 3.76. The largest absolute Gasteiger partial charge is 0.370 e. The molecule has 0 N–H and O–H groups in total. The monoisotopic (exact) mass is 185 g/mol. The molecule has 0 spiro atoms. The first-order valence-corrected chi connectivity index (χ1v) is 6.16. The fourth-order valence-corrected chi connectivity index (χ4v) is 3.46. The van der Waals surface area contributed by atoms with Crippen molar-refractivity contribution in [1.82, 2.24) is 4.90 Å². The van der Waals surface area contributed by atoms with Gasteiger partial charge in [-0.25, -0.2) is 0 Å². The molecule has 1 aliphatic heterocycles. The zero-order valence-corrected chi connectivity index (χ0v) is 8.99. The van der Waals surface area contributed by atoms with Crippen molar-refractivity contribution >= 4 is 16.4 Å². The highest BCUT2D eigenvalue weighted by Gasteiger charge is 2.20. The first-order chi connectivity index (χ1) is 5.65. The fourth-order valence-electron chi connectivity index (χ4n) is 1.57. The molecule has 0 amide bonds. The summed E-state index contributed by atoms with van der Waals surface area (Å²) in [6, 6.07) is 0. The van der Waals surface area contributed by atoms with Gasteiger partial charge in [0, 0.05) is 18.0 Å². The summed E-state index contributed by atoms with van der Waals surface area (Å²) in [6.45, 7) is 6.31. The van der Waals surface area contributed by atoms with E-state index < -0.39 is 0 Å². The highest BCUT2D eigenvalue weighted by Crippen LogP contribution is 2.34. The lowest BCUT2D eigenvalue weighted by Crippen LogP contribution is -2.28. The van der Waals surface area contributed by atoms with Gasteiger partial charge in [0.25, 0.3) is 0 Å². The Balaban J connectivity index is 2.55. The number of rotatable bonds is 2. The fraction of sp³-hybridized carbons (Fsp3) is 0.700. The van der Waals surface area contributed by atoms with E-state index in [4.69, 9.17) is 0 Å². The van der Waals surface area contributed by atoms with Crippen LogP contribution in [0, 0.1) is 0 Å². The van der Waals surface area contributed by atoms with E-state index in [-0.39, 0.29) is 0 Å². The Labute approximate surface area is 78.4 Å². The van der Waals surface area contributed by atoms with Crippen molar-refractivity contribution in [2.45, 2.75) is 31.4 Å². The molecule has 0 aliphatic carbocycles. The summed E-state index contributed by atoms with van der Waals surface area (Å²) < 4.78 is 0. The molecule has 1 heterocycles. The molecule has 12 heavy (non-hydrogen) atoms. The topological polar surface area (TPSA) is 3.24 Å². The third-order valence-corrected chi connectivity index (χ3v) is 4.51. The van der Waals surface area contributed by atoms with Gasteiger partial charge in [0.2, 0.25) is 0 Å². The molecule has 0 radical (unpaired) electrons. The average molecular weight is 185 g/mol. The van der Waals surface area contributed by atoms with Gasteiger partial charge in [-0.2, -0.15) is 10.5 Å². The van der Waals surface area contributed by atoms with Gasteiger partial charge in [-0.1, -0.05) is 25.8 Å². The van der Waals surface area contributed by atoms with Crippen LogP contribution < -0.4 is 0 Å². The van der Waals surface area contributed by atoms with Crippen molar-refractivity contribution in [2.24, 2.45) is 0 Å².